The molecule has 2 unspecified atom stereocenters. The maximum Gasteiger partial charge on any atom is 0.254 e. The first-order valence-electron chi connectivity index (χ1n) is 7.90. The van der Waals surface area contributed by atoms with E-state index in [0.29, 0.717) is 18.7 Å². The van der Waals surface area contributed by atoms with Crippen LogP contribution in [0.1, 0.15) is 28.9 Å². The minimum atomic E-state index is -0.349. The molecule has 2 atom stereocenters. The van der Waals surface area contributed by atoms with Gasteiger partial charge in [0.1, 0.15) is 17.7 Å². The van der Waals surface area contributed by atoms with E-state index in [4.69, 9.17) is 9.47 Å². The molecule has 5 heteroatoms. The Labute approximate surface area is 140 Å². The Balaban J connectivity index is 1.77. The standard InChI is InChI=1S/C19H20FNO3/c1-13-12-24-18(14-5-9-17(23-2)10-6-14)11-21(13)19(22)15-3-7-16(20)8-4-15/h3-10,13,18H,11-12H2,1-2H3. The molecule has 1 saturated heterocycles. The molecular formula is C19H20FNO3. The smallest absolute Gasteiger partial charge is 0.254 e. The quantitative estimate of drug-likeness (QED) is 0.866. The largest absolute Gasteiger partial charge is 0.497 e. The summed E-state index contributed by atoms with van der Waals surface area (Å²) in [7, 11) is 1.62. The molecule has 3 rings (SSSR count). The molecule has 126 valence electrons. The average molecular weight is 329 g/mol. The molecule has 2 aromatic rings. The van der Waals surface area contributed by atoms with Gasteiger partial charge in [-0.15, -0.1) is 0 Å². The number of amides is 1. The van der Waals surface area contributed by atoms with E-state index in [1.165, 1.54) is 24.3 Å². The van der Waals surface area contributed by atoms with Gasteiger partial charge in [-0.05, 0) is 48.9 Å². The van der Waals surface area contributed by atoms with Crippen LogP contribution in [0, 0.1) is 5.82 Å². The molecule has 0 aliphatic carbocycles. The number of methoxy groups -OCH3 is 1. The number of hydrogen-bond donors (Lipinski definition) is 0. The highest BCUT2D eigenvalue weighted by molar-refractivity contribution is 5.94. The lowest BCUT2D eigenvalue weighted by molar-refractivity contribution is -0.0486. The Kier molecular flexibility index (Phi) is 4.81. The predicted molar refractivity (Wildman–Crippen MR) is 88.6 cm³/mol. The Morgan fingerprint density at radius 2 is 1.83 bits per heavy atom. The molecule has 4 nitrogen and oxygen atoms in total. The normalized spacial score (nSPS) is 20.7. The van der Waals surface area contributed by atoms with Crippen LogP contribution in [-0.4, -0.2) is 37.1 Å². The summed E-state index contributed by atoms with van der Waals surface area (Å²) in [5.74, 6) is 0.323. The van der Waals surface area contributed by atoms with E-state index >= 15 is 0 Å². The fraction of sp³-hybridized carbons (Fsp3) is 0.316. The molecule has 0 saturated carbocycles. The summed E-state index contributed by atoms with van der Waals surface area (Å²) in [5.41, 5.74) is 1.48. The lowest BCUT2D eigenvalue weighted by atomic mass is 10.0. The maximum absolute atomic E-state index is 13.1. The van der Waals surface area contributed by atoms with E-state index in [-0.39, 0.29) is 23.9 Å². The molecule has 1 fully saturated rings. The Morgan fingerprint density at radius 3 is 2.46 bits per heavy atom. The second-order valence-electron chi connectivity index (χ2n) is 5.91. The van der Waals surface area contributed by atoms with Crippen LogP contribution in [0.3, 0.4) is 0 Å². The fourth-order valence-electron chi connectivity index (χ4n) is 2.82. The van der Waals surface area contributed by atoms with Crippen LogP contribution in [0.15, 0.2) is 48.5 Å². The van der Waals surface area contributed by atoms with Crippen LogP contribution in [-0.2, 0) is 4.74 Å². The molecule has 1 heterocycles. The van der Waals surface area contributed by atoms with Gasteiger partial charge in [0.15, 0.2) is 0 Å². The monoisotopic (exact) mass is 329 g/mol. The Hall–Kier alpha value is -2.40. The Morgan fingerprint density at radius 1 is 1.17 bits per heavy atom. The third-order valence-corrected chi connectivity index (χ3v) is 4.27. The van der Waals surface area contributed by atoms with Crippen molar-refractivity contribution in [3.63, 3.8) is 0 Å². The first-order chi connectivity index (χ1) is 11.6. The molecule has 0 N–H and O–H groups in total. The van der Waals surface area contributed by atoms with Crippen molar-refractivity contribution in [3.05, 3.63) is 65.5 Å². The van der Waals surface area contributed by atoms with Gasteiger partial charge < -0.3 is 14.4 Å². The molecule has 24 heavy (non-hydrogen) atoms. The van der Waals surface area contributed by atoms with Gasteiger partial charge in [0.2, 0.25) is 0 Å². The van der Waals surface area contributed by atoms with Crippen molar-refractivity contribution in [2.75, 3.05) is 20.3 Å². The Bertz CT molecular complexity index is 700. The van der Waals surface area contributed by atoms with Gasteiger partial charge in [-0.25, -0.2) is 4.39 Å². The molecule has 1 aliphatic heterocycles. The molecule has 0 bridgehead atoms. The van der Waals surface area contributed by atoms with E-state index in [2.05, 4.69) is 0 Å². The topological polar surface area (TPSA) is 38.8 Å². The summed E-state index contributed by atoms with van der Waals surface area (Å²) in [6, 6.07) is 13.3. The lowest BCUT2D eigenvalue weighted by Crippen LogP contribution is -2.48. The first-order valence-corrected chi connectivity index (χ1v) is 7.90. The highest BCUT2D eigenvalue weighted by Gasteiger charge is 2.31. The molecule has 1 amide bonds. The summed E-state index contributed by atoms with van der Waals surface area (Å²) in [4.78, 5) is 14.5. The van der Waals surface area contributed by atoms with E-state index in [1.54, 1.807) is 12.0 Å². The minimum absolute atomic E-state index is 0.0305. The number of ether oxygens (including phenoxy) is 2. The van der Waals surface area contributed by atoms with Gasteiger partial charge in [-0.2, -0.15) is 0 Å². The first kappa shape index (κ1) is 16.5. The molecule has 2 aromatic carbocycles. The summed E-state index contributed by atoms with van der Waals surface area (Å²) in [6.45, 7) is 2.87. The van der Waals surface area contributed by atoms with Gasteiger partial charge in [0.05, 0.1) is 26.3 Å². The zero-order valence-electron chi connectivity index (χ0n) is 13.7. The maximum atomic E-state index is 13.1. The number of rotatable bonds is 3. The van der Waals surface area contributed by atoms with Gasteiger partial charge in [-0.1, -0.05) is 12.1 Å². The van der Waals surface area contributed by atoms with E-state index in [0.717, 1.165) is 11.3 Å². The van der Waals surface area contributed by atoms with Crippen molar-refractivity contribution >= 4 is 5.91 Å². The number of carbonyl (C=O) groups is 1. The minimum Gasteiger partial charge on any atom is -0.497 e. The van der Waals surface area contributed by atoms with Crippen LogP contribution >= 0.6 is 0 Å². The van der Waals surface area contributed by atoms with Crippen molar-refractivity contribution in [2.24, 2.45) is 0 Å². The van der Waals surface area contributed by atoms with Crippen molar-refractivity contribution < 1.29 is 18.7 Å². The summed E-state index contributed by atoms with van der Waals surface area (Å²) >= 11 is 0. The highest BCUT2D eigenvalue weighted by atomic mass is 19.1. The third-order valence-electron chi connectivity index (χ3n) is 4.27. The molecular weight excluding hydrogens is 309 g/mol. The van der Waals surface area contributed by atoms with Crippen molar-refractivity contribution in [1.82, 2.24) is 4.90 Å². The van der Waals surface area contributed by atoms with Crippen molar-refractivity contribution in [1.29, 1.82) is 0 Å². The molecule has 0 radical (unpaired) electrons. The summed E-state index contributed by atoms with van der Waals surface area (Å²) in [5, 5.41) is 0. The van der Waals surface area contributed by atoms with Gasteiger partial charge in [0, 0.05) is 5.56 Å². The van der Waals surface area contributed by atoms with Crippen molar-refractivity contribution in [3.8, 4) is 5.75 Å². The molecule has 0 aromatic heterocycles. The van der Waals surface area contributed by atoms with Crippen LogP contribution in [0.5, 0.6) is 5.75 Å². The van der Waals surface area contributed by atoms with Gasteiger partial charge in [0.25, 0.3) is 5.91 Å². The summed E-state index contributed by atoms with van der Waals surface area (Å²) in [6.07, 6.45) is -0.184. The zero-order chi connectivity index (χ0) is 17.1. The van der Waals surface area contributed by atoms with Crippen LogP contribution in [0.2, 0.25) is 0 Å². The highest BCUT2D eigenvalue weighted by Crippen LogP contribution is 2.27. The van der Waals surface area contributed by atoms with Gasteiger partial charge in [-0.3, -0.25) is 4.79 Å². The number of hydrogen-bond acceptors (Lipinski definition) is 3. The van der Waals surface area contributed by atoms with E-state index < -0.39 is 0 Å². The molecule has 0 spiro atoms. The SMILES string of the molecule is COc1ccc(C2CN(C(=O)c3ccc(F)cc3)C(C)CO2)cc1. The summed E-state index contributed by atoms with van der Waals surface area (Å²) < 4.78 is 24.1. The van der Waals surface area contributed by atoms with E-state index in [9.17, 15) is 9.18 Å². The van der Waals surface area contributed by atoms with E-state index in [1.807, 2.05) is 31.2 Å². The average Bonchev–Trinajstić information content (AvgIpc) is 2.62. The number of carbonyl (C=O) groups excluding carboxylic acids is 1. The fourth-order valence-corrected chi connectivity index (χ4v) is 2.82. The second-order valence-corrected chi connectivity index (χ2v) is 5.91. The van der Waals surface area contributed by atoms with Crippen LogP contribution in [0.4, 0.5) is 4.39 Å². The third kappa shape index (κ3) is 3.41. The van der Waals surface area contributed by atoms with Crippen LogP contribution < -0.4 is 4.74 Å². The number of nitrogens with zero attached hydrogens (tertiary/aromatic N) is 1. The number of morpholine rings is 1. The number of benzene rings is 2. The predicted octanol–water partition coefficient (Wildman–Crippen LogP) is 3.44. The molecule has 1 aliphatic rings. The van der Waals surface area contributed by atoms with Gasteiger partial charge >= 0.3 is 0 Å². The zero-order valence-corrected chi connectivity index (χ0v) is 13.7. The number of halogens is 1. The lowest BCUT2D eigenvalue weighted by Gasteiger charge is -2.38. The van der Waals surface area contributed by atoms with Crippen LogP contribution in [0.25, 0.3) is 0 Å². The second kappa shape index (κ2) is 7.01. The van der Waals surface area contributed by atoms with Crippen molar-refractivity contribution in [2.45, 2.75) is 19.1 Å².